The molecule has 7 heteroatoms. The fraction of sp³-hybridized carbons (Fsp3) is 0.526. The first-order valence-corrected chi connectivity index (χ1v) is 9.50. The number of amides is 1. The largest absolute Gasteiger partial charge is 0.409 e. The molecule has 0 saturated heterocycles. The van der Waals surface area contributed by atoms with Crippen LogP contribution in [-0.2, 0) is 4.74 Å². The summed E-state index contributed by atoms with van der Waals surface area (Å²) in [7, 11) is 1.91. The first kappa shape index (κ1) is 17.4. The summed E-state index contributed by atoms with van der Waals surface area (Å²) in [6, 6.07) is 7.56. The Kier molecular flexibility index (Phi) is 4.44. The highest BCUT2D eigenvalue weighted by Crippen LogP contribution is 2.59. The summed E-state index contributed by atoms with van der Waals surface area (Å²) in [5.74, 6) is 0.472. The van der Waals surface area contributed by atoms with E-state index in [0.29, 0.717) is 17.6 Å². The van der Waals surface area contributed by atoms with E-state index in [9.17, 15) is 4.79 Å². The molecule has 26 heavy (non-hydrogen) atoms. The number of aromatic amines is 1. The van der Waals surface area contributed by atoms with Gasteiger partial charge in [0.05, 0.1) is 6.10 Å². The third kappa shape index (κ3) is 2.70. The van der Waals surface area contributed by atoms with Crippen molar-refractivity contribution in [2.45, 2.75) is 44.8 Å². The molecule has 2 saturated carbocycles. The fourth-order valence-corrected chi connectivity index (χ4v) is 4.52. The van der Waals surface area contributed by atoms with Crippen molar-refractivity contribution in [3.63, 3.8) is 0 Å². The van der Waals surface area contributed by atoms with E-state index in [2.05, 4.69) is 10.2 Å². The number of nitrogens with zero attached hydrogens (tertiary/aromatic N) is 2. The standard InChI is InChI=1S/C19H23N3O3S/c1-3-24-15-11-14(19(15)9-4-10-19)22(2)17(23)13-7-5-12(6-8-13)16-20-21-18(26)25-16/h5-8,14-15H,3-4,9-11H2,1-2H3,(H,21,26). The van der Waals surface area contributed by atoms with Gasteiger partial charge in [-0.1, -0.05) is 6.42 Å². The van der Waals surface area contributed by atoms with Gasteiger partial charge in [-0.15, -0.1) is 5.10 Å². The lowest BCUT2D eigenvalue weighted by molar-refractivity contribution is -0.192. The van der Waals surface area contributed by atoms with Crippen LogP contribution in [0.2, 0.25) is 0 Å². The van der Waals surface area contributed by atoms with Gasteiger partial charge in [-0.05, 0) is 62.7 Å². The first-order chi connectivity index (χ1) is 12.5. The van der Waals surface area contributed by atoms with E-state index in [1.54, 1.807) is 0 Å². The fourth-order valence-electron chi connectivity index (χ4n) is 4.40. The molecular formula is C19H23N3O3S. The number of nitrogens with one attached hydrogen (secondary N) is 1. The summed E-state index contributed by atoms with van der Waals surface area (Å²) in [6.07, 6.45) is 4.78. The van der Waals surface area contributed by atoms with Crippen molar-refractivity contribution < 1.29 is 13.9 Å². The smallest absolute Gasteiger partial charge is 0.284 e. The first-order valence-electron chi connectivity index (χ1n) is 9.10. The van der Waals surface area contributed by atoms with Gasteiger partial charge in [0.1, 0.15) is 0 Å². The van der Waals surface area contributed by atoms with Crippen molar-refractivity contribution in [3.8, 4) is 11.5 Å². The van der Waals surface area contributed by atoms with Gasteiger partial charge in [0.25, 0.3) is 10.7 Å². The second-order valence-corrected chi connectivity index (χ2v) is 7.56. The quantitative estimate of drug-likeness (QED) is 0.807. The lowest BCUT2D eigenvalue weighted by atomic mass is 9.50. The van der Waals surface area contributed by atoms with Crippen LogP contribution in [0.3, 0.4) is 0 Å². The van der Waals surface area contributed by atoms with Crippen LogP contribution in [0.4, 0.5) is 0 Å². The van der Waals surface area contributed by atoms with Crippen molar-refractivity contribution in [2.24, 2.45) is 5.41 Å². The molecule has 0 aliphatic heterocycles. The SMILES string of the molecule is CCOC1CC(N(C)C(=O)c2ccc(-c3n[nH]c(=S)o3)cc2)C12CCC2. The number of benzene rings is 1. The maximum absolute atomic E-state index is 12.9. The molecule has 0 bridgehead atoms. The van der Waals surface area contributed by atoms with Crippen molar-refractivity contribution in [1.82, 2.24) is 15.1 Å². The van der Waals surface area contributed by atoms with Gasteiger partial charge >= 0.3 is 0 Å². The number of rotatable bonds is 5. The summed E-state index contributed by atoms with van der Waals surface area (Å²) in [6.45, 7) is 2.78. The Hall–Kier alpha value is -1.99. The van der Waals surface area contributed by atoms with Crippen LogP contribution in [-0.4, -0.2) is 46.8 Å². The highest BCUT2D eigenvalue weighted by atomic mass is 32.1. The van der Waals surface area contributed by atoms with Gasteiger partial charge in [0, 0.05) is 36.2 Å². The lowest BCUT2D eigenvalue weighted by Gasteiger charge is -2.63. The van der Waals surface area contributed by atoms with E-state index >= 15 is 0 Å². The number of ether oxygens (including phenoxy) is 1. The molecule has 138 valence electrons. The van der Waals surface area contributed by atoms with Crippen molar-refractivity contribution in [3.05, 3.63) is 34.7 Å². The maximum atomic E-state index is 12.9. The molecule has 2 unspecified atom stereocenters. The lowest BCUT2D eigenvalue weighted by Crippen LogP contribution is -2.67. The van der Waals surface area contributed by atoms with Crippen LogP contribution in [0.25, 0.3) is 11.5 Å². The Bertz CT molecular complexity index is 853. The minimum atomic E-state index is 0.0469. The number of hydrogen-bond acceptors (Lipinski definition) is 5. The Morgan fingerprint density at radius 3 is 2.69 bits per heavy atom. The highest BCUT2D eigenvalue weighted by molar-refractivity contribution is 7.71. The Balaban J connectivity index is 1.48. The van der Waals surface area contributed by atoms with Crippen LogP contribution < -0.4 is 0 Å². The molecule has 2 atom stereocenters. The number of H-pyrrole nitrogens is 1. The molecule has 0 radical (unpaired) electrons. The van der Waals surface area contributed by atoms with Crippen LogP contribution in [0.15, 0.2) is 28.7 Å². The van der Waals surface area contributed by atoms with Gasteiger partial charge in [-0.25, -0.2) is 5.10 Å². The predicted octanol–water partition coefficient (Wildman–Crippen LogP) is 3.82. The van der Waals surface area contributed by atoms with Gasteiger partial charge in [-0.3, -0.25) is 4.79 Å². The van der Waals surface area contributed by atoms with E-state index in [0.717, 1.165) is 31.4 Å². The number of aromatic nitrogens is 2. The van der Waals surface area contributed by atoms with E-state index in [1.807, 2.05) is 43.1 Å². The molecule has 2 aliphatic carbocycles. The van der Waals surface area contributed by atoms with E-state index in [1.165, 1.54) is 6.42 Å². The predicted molar refractivity (Wildman–Crippen MR) is 99.3 cm³/mol. The third-order valence-corrected chi connectivity index (χ3v) is 6.17. The topological polar surface area (TPSA) is 71.4 Å². The van der Waals surface area contributed by atoms with E-state index in [-0.39, 0.29) is 22.2 Å². The molecule has 1 N–H and O–H groups in total. The molecule has 1 aromatic carbocycles. The summed E-state index contributed by atoms with van der Waals surface area (Å²) in [5, 5.41) is 6.60. The van der Waals surface area contributed by atoms with Crippen LogP contribution >= 0.6 is 12.2 Å². The Morgan fingerprint density at radius 2 is 2.15 bits per heavy atom. The van der Waals surface area contributed by atoms with Gasteiger partial charge in [0.2, 0.25) is 5.89 Å². The second-order valence-electron chi connectivity index (χ2n) is 7.19. The van der Waals surface area contributed by atoms with Crippen LogP contribution in [0, 0.1) is 10.3 Å². The van der Waals surface area contributed by atoms with Gasteiger partial charge in [0.15, 0.2) is 0 Å². The normalized spacial score (nSPS) is 23.3. The van der Waals surface area contributed by atoms with E-state index in [4.69, 9.17) is 21.4 Å². The highest BCUT2D eigenvalue weighted by Gasteiger charge is 2.60. The zero-order valence-electron chi connectivity index (χ0n) is 15.0. The average Bonchev–Trinajstić information content (AvgIpc) is 3.02. The van der Waals surface area contributed by atoms with Crippen molar-refractivity contribution in [2.75, 3.05) is 13.7 Å². The maximum Gasteiger partial charge on any atom is 0.284 e. The van der Waals surface area contributed by atoms with Crippen molar-refractivity contribution >= 4 is 18.1 Å². The van der Waals surface area contributed by atoms with Gasteiger partial charge < -0.3 is 14.1 Å². The van der Waals surface area contributed by atoms with Gasteiger partial charge in [-0.2, -0.15) is 0 Å². The molecule has 1 heterocycles. The van der Waals surface area contributed by atoms with E-state index < -0.39 is 0 Å². The zero-order chi connectivity index (χ0) is 18.3. The summed E-state index contributed by atoms with van der Waals surface area (Å²) in [4.78, 5) is 15.1. The zero-order valence-corrected chi connectivity index (χ0v) is 15.8. The summed E-state index contributed by atoms with van der Waals surface area (Å²) < 4.78 is 11.2. The molecule has 1 amide bonds. The molecule has 4 rings (SSSR count). The minimum absolute atomic E-state index is 0.0469. The molecule has 6 nitrogen and oxygen atoms in total. The molecule has 2 fully saturated rings. The molecular weight excluding hydrogens is 350 g/mol. The third-order valence-electron chi connectivity index (χ3n) is 6.00. The number of hydrogen-bond donors (Lipinski definition) is 1. The molecule has 2 aliphatic rings. The summed E-state index contributed by atoms with van der Waals surface area (Å²) >= 11 is 4.89. The number of carbonyl (C=O) groups is 1. The monoisotopic (exact) mass is 373 g/mol. The minimum Gasteiger partial charge on any atom is -0.409 e. The molecule has 1 aromatic heterocycles. The second kappa shape index (κ2) is 6.63. The Morgan fingerprint density at radius 1 is 1.42 bits per heavy atom. The molecule has 1 spiro atoms. The molecule has 2 aromatic rings. The average molecular weight is 373 g/mol. The van der Waals surface area contributed by atoms with Crippen LogP contribution in [0.1, 0.15) is 43.0 Å². The summed E-state index contributed by atoms with van der Waals surface area (Å²) in [5.41, 5.74) is 1.63. The van der Waals surface area contributed by atoms with Crippen LogP contribution in [0.5, 0.6) is 0 Å². The number of carbonyl (C=O) groups excluding carboxylic acids is 1. The Labute approximate surface area is 157 Å². The van der Waals surface area contributed by atoms with Crippen molar-refractivity contribution in [1.29, 1.82) is 0 Å².